The molecule has 0 spiro atoms. The van der Waals surface area contributed by atoms with Gasteiger partial charge in [0.2, 0.25) is 0 Å². The third-order valence-corrected chi connectivity index (χ3v) is 2.68. The van der Waals surface area contributed by atoms with Gasteiger partial charge in [-0.3, -0.25) is 0 Å². The van der Waals surface area contributed by atoms with E-state index >= 15 is 0 Å². The molecule has 1 aromatic carbocycles. The maximum Gasteiger partial charge on any atom is 0.124 e. The lowest BCUT2D eigenvalue weighted by molar-refractivity contribution is 0.231. The Balaban J connectivity index is 2.26. The van der Waals surface area contributed by atoms with Gasteiger partial charge in [0.1, 0.15) is 11.9 Å². The summed E-state index contributed by atoms with van der Waals surface area (Å²) in [6, 6.07) is 6.51. The van der Waals surface area contributed by atoms with Crippen LogP contribution >= 0.6 is 0 Å². The molecule has 1 nitrogen and oxygen atoms in total. The van der Waals surface area contributed by atoms with Crippen molar-refractivity contribution in [1.29, 1.82) is 0 Å². The molecule has 0 saturated carbocycles. The van der Waals surface area contributed by atoms with Crippen LogP contribution in [0.4, 0.5) is 0 Å². The molecule has 0 heterocycles. The van der Waals surface area contributed by atoms with E-state index in [1.165, 1.54) is 16.7 Å². The van der Waals surface area contributed by atoms with E-state index in [-0.39, 0.29) is 6.10 Å². The quantitative estimate of drug-likeness (QED) is 0.679. The normalized spacial score (nSPS) is 15.5. The summed E-state index contributed by atoms with van der Waals surface area (Å²) in [5.41, 5.74) is 3.87. The largest absolute Gasteiger partial charge is 0.486 e. The smallest absolute Gasteiger partial charge is 0.124 e. The van der Waals surface area contributed by atoms with Gasteiger partial charge in [-0.1, -0.05) is 30.4 Å². The minimum Gasteiger partial charge on any atom is -0.486 e. The SMILES string of the molecule is C=CC(C)OC1=CCc2ccc(C)cc21. The second-order valence-electron chi connectivity index (χ2n) is 3.99. The van der Waals surface area contributed by atoms with Crippen molar-refractivity contribution in [2.75, 3.05) is 0 Å². The van der Waals surface area contributed by atoms with Crippen molar-refractivity contribution in [2.24, 2.45) is 0 Å². The lowest BCUT2D eigenvalue weighted by atomic mass is 10.1. The number of fused-ring (bicyclic) bond motifs is 1. The predicted molar refractivity (Wildman–Crippen MR) is 63.6 cm³/mol. The van der Waals surface area contributed by atoms with E-state index in [9.17, 15) is 0 Å². The van der Waals surface area contributed by atoms with E-state index in [4.69, 9.17) is 4.74 Å². The highest BCUT2D eigenvalue weighted by molar-refractivity contribution is 5.69. The van der Waals surface area contributed by atoms with Crippen molar-refractivity contribution < 1.29 is 4.74 Å². The number of rotatable bonds is 3. The van der Waals surface area contributed by atoms with Crippen molar-refractivity contribution in [1.82, 2.24) is 0 Å². The lowest BCUT2D eigenvalue weighted by Crippen LogP contribution is -2.02. The molecule has 2 rings (SSSR count). The number of benzene rings is 1. The van der Waals surface area contributed by atoms with Crippen LogP contribution < -0.4 is 0 Å². The highest BCUT2D eigenvalue weighted by atomic mass is 16.5. The molecule has 0 saturated heterocycles. The summed E-state index contributed by atoms with van der Waals surface area (Å²) < 4.78 is 5.78. The molecule has 1 aliphatic carbocycles. The van der Waals surface area contributed by atoms with Crippen LogP contribution in [0.15, 0.2) is 36.9 Å². The fraction of sp³-hybridized carbons (Fsp3) is 0.286. The molecule has 0 N–H and O–H groups in total. The van der Waals surface area contributed by atoms with Gasteiger partial charge in [0.15, 0.2) is 0 Å². The van der Waals surface area contributed by atoms with Gasteiger partial charge in [0.05, 0.1) is 0 Å². The van der Waals surface area contributed by atoms with Crippen molar-refractivity contribution in [3.05, 3.63) is 53.6 Å². The number of aryl methyl sites for hydroxylation is 1. The highest BCUT2D eigenvalue weighted by Crippen LogP contribution is 2.29. The second kappa shape index (κ2) is 3.93. The van der Waals surface area contributed by atoms with Gasteiger partial charge in [-0.15, -0.1) is 0 Å². The molecule has 1 unspecified atom stereocenters. The van der Waals surface area contributed by atoms with Crippen LogP contribution in [0.1, 0.15) is 23.6 Å². The number of ether oxygens (including phenoxy) is 1. The zero-order chi connectivity index (χ0) is 10.8. The summed E-state index contributed by atoms with van der Waals surface area (Å²) in [7, 11) is 0. The first kappa shape index (κ1) is 10.0. The first-order chi connectivity index (χ1) is 7.20. The number of hydrogen-bond donors (Lipinski definition) is 0. The molecular formula is C14H16O. The fourth-order valence-corrected chi connectivity index (χ4v) is 1.77. The van der Waals surface area contributed by atoms with E-state index in [0.29, 0.717) is 0 Å². The Morgan fingerprint density at radius 2 is 2.27 bits per heavy atom. The molecule has 0 aromatic heterocycles. The standard InChI is InChI=1S/C14H16O/c1-4-11(3)15-14-8-7-12-6-5-10(2)9-13(12)14/h4-6,8-9,11H,1,7H2,2-3H3. The second-order valence-corrected chi connectivity index (χ2v) is 3.99. The van der Waals surface area contributed by atoms with Crippen LogP contribution in [-0.2, 0) is 11.2 Å². The van der Waals surface area contributed by atoms with Crippen LogP contribution in [0.5, 0.6) is 0 Å². The van der Waals surface area contributed by atoms with E-state index in [1.54, 1.807) is 0 Å². The summed E-state index contributed by atoms with van der Waals surface area (Å²) in [5.74, 6) is 1.00. The minimum atomic E-state index is 0.0720. The Morgan fingerprint density at radius 3 is 3.00 bits per heavy atom. The Bertz CT molecular complexity index is 415. The molecule has 1 heteroatoms. The number of allylic oxidation sites excluding steroid dienone is 1. The van der Waals surface area contributed by atoms with Gasteiger partial charge in [-0.2, -0.15) is 0 Å². The molecule has 1 aromatic rings. The Morgan fingerprint density at radius 1 is 1.47 bits per heavy atom. The maximum absolute atomic E-state index is 5.78. The van der Waals surface area contributed by atoms with Gasteiger partial charge < -0.3 is 4.74 Å². The zero-order valence-corrected chi connectivity index (χ0v) is 9.29. The van der Waals surface area contributed by atoms with Gasteiger partial charge in [0.25, 0.3) is 0 Å². The van der Waals surface area contributed by atoms with E-state index in [1.807, 2.05) is 13.0 Å². The van der Waals surface area contributed by atoms with Crippen LogP contribution in [0.25, 0.3) is 5.76 Å². The molecule has 0 fully saturated rings. The van der Waals surface area contributed by atoms with Gasteiger partial charge in [0, 0.05) is 5.56 Å². The summed E-state index contributed by atoms with van der Waals surface area (Å²) in [4.78, 5) is 0. The number of hydrogen-bond acceptors (Lipinski definition) is 1. The van der Waals surface area contributed by atoms with Crippen LogP contribution in [0.2, 0.25) is 0 Å². The maximum atomic E-state index is 5.78. The van der Waals surface area contributed by atoms with E-state index in [2.05, 4.69) is 37.8 Å². The Labute approximate surface area is 91.1 Å². The summed E-state index contributed by atoms with van der Waals surface area (Å²) in [6.07, 6.45) is 5.01. The third-order valence-electron chi connectivity index (χ3n) is 2.68. The average Bonchev–Trinajstić information content (AvgIpc) is 2.61. The zero-order valence-electron chi connectivity index (χ0n) is 9.29. The molecule has 1 aliphatic rings. The van der Waals surface area contributed by atoms with Crippen molar-refractivity contribution in [3.63, 3.8) is 0 Å². The van der Waals surface area contributed by atoms with Crippen LogP contribution in [-0.4, -0.2) is 6.10 Å². The predicted octanol–water partition coefficient (Wildman–Crippen LogP) is 3.48. The van der Waals surface area contributed by atoms with Crippen LogP contribution in [0, 0.1) is 6.92 Å². The molecule has 0 amide bonds. The van der Waals surface area contributed by atoms with Gasteiger partial charge in [-0.25, -0.2) is 0 Å². The Hall–Kier alpha value is -1.50. The molecule has 0 radical (unpaired) electrons. The molecule has 78 valence electrons. The molecule has 15 heavy (non-hydrogen) atoms. The van der Waals surface area contributed by atoms with E-state index in [0.717, 1.165) is 12.2 Å². The summed E-state index contributed by atoms with van der Waals surface area (Å²) >= 11 is 0. The van der Waals surface area contributed by atoms with Gasteiger partial charge in [-0.05, 0) is 38.0 Å². The first-order valence-corrected chi connectivity index (χ1v) is 5.30. The molecule has 0 aliphatic heterocycles. The summed E-state index contributed by atoms with van der Waals surface area (Å²) in [5, 5.41) is 0. The van der Waals surface area contributed by atoms with Crippen molar-refractivity contribution in [2.45, 2.75) is 26.4 Å². The first-order valence-electron chi connectivity index (χ1n) is 5.30. The van der Waals surface area contributed by atoms with Crippen molar-refractivity contribution >= 4 is 5.76 Å². The van der Waals surface area contributed by atoms with E-state index < -0.39 is 0 Å². The Kier molecular flexibility index (Phi) is 2.63. The monoisotopic (exact) mass is 200 g/mol. The molecule has 0 bridgehead atoms. The topological polar surface area (TPSA) is 9.23 Å². The fourth-order valence-electron chi connectivity index (χ4n) is 1.77. The van der Waals surface area contributed by atoms with Crippen LogP contribution in [0.3, 0.4) is 0 Å². The molecule has 1 atom stereocenters. The van der Waals surface area contributed by atoms with Crippen molar-refractivity contribution in [3.8, 4) is 0 Å². The van der Waals surface area contributed by atoms with Gasteiger partial charge >= 0.3 is 0 Å². The summed E-state index contributed by atoms with van der Waals surface area (Å²) in [6.45, 7) is 7.83. The minimum absolute atomic E-state index is 0.0720. The highest BCUT2D eigenvalue weighted by Gasteiger charge is 2.16. The average molecular weight is 200 g/mol. The molecular weight excluding hydrogens is 184 g/mol. The third kappa shape index (κ3) is 1.96. The lowest BCUT2D eigenvalue weighted by Gasteiger charge is -2.13.